The molecule has 6 rings (SSSR count). The zero-order valence-electron chi connectivity index (χ0n) is 16.2. The van der Waals surface area contributed by atoms with Gasteiger partial charge in [0.05, 0.1) is 0 Å². The number of allylic oxidation sites excluding steroid dienone is 2. The molecule has 0 bridgehead atoms. The Labute approximate surface area is 161 Å². The van der Waals surface area contributed by atoms with Crippen LogP contribution in [0.5, 0.6) is 0 Å². The van der Waals surface area contributed by atoms with E-state index in [1.807, 2.05) is 0 Å². The van der Waals surface area contributed by atoms with E-state index in [1.54, 1.807) is 11.6 Å². The van der Waals surface area contributed by atoms with E-state index in [0.717, 1.165) is 60.5 Å². The van der Waals surface area contributed by atoms with Crippen LogP contribution >= 0.6 is 0 Å². The van der Waals surface area contributed by atoms with Crippen LogP contribution in [0.4, 0.5) is 0 Å². The largest absolute Gasteiger partial charge is 0.451 e. The van der Waals surface area contributed by atoms with Gasteiger partial charge in [-0.15, -0.1) is 0 Å². The van der Waals surface area contributed by atoms with Crippen molar-refractivity contribution in [2.75, 3.05) is 0 Å². The SMILES string of the molecule is CC[C@]12CCC3C(C4CC4C4=CC(=N)CC[C@@H]43)C1CC[C@@]21C=CC(=O)O1.O. The van der Waals surface area contributed by atoms with Crippen molar-refractivity contribution in [1.29, 1.82) is 5.41 Å². The Bertz CT molecular complexity index is 770. The van der Waals surface area contributed by atoms with Gasteiger partial charge in [0.2, 0.25) is 0 Å². The molecule has 4 nitrogen and oxygen atoms in total. The first-order valence-electron chi connectivity index (χ1n) is 10.8. The van der Waals surface area contributed by atoms with Gasteiger partial charge in [-0.3, -0.25) is 0 Å². The van der Waals surface area contributed by atoms with Crippen LogP contribution in [0.1, 0.15) is 58.3 Å². The van der Waals surface area contributed by atoms with E-state index in [0.29, 0.717) is 0 Å². The molecule has 0 aromatic carbocycles. The Morgan fingerprint density at radius 3 is 2.78 bits per heavy atom. The maximum Gasteiger partial charge on any atom is 0.331 e. The monoisotopic (exact) mass is 369 g/mol. The average Bonchev–Trinajstić information content (AvgIpc) is 3.27. The fourth-order valence-electron chi connectivity index (χ4n) is 8.48. The molecule has 6 aliphatic rings. The quantitative estimate of drug-likeness (QED) is 0.712. The standard InChI is InChI=1S/C23H29NO2.H2O/c1-2-22-8-5-15-14-4-3-13(24)11-16(14)17-12-18(17)21(15)19(22)6-9-23(22)10-7-20(25)26-23;/h7,10-11,14-15,17-19,21,24H,2-6,8-9,12H2,1H3;1H2/t14-,15?,17?,18?,19?,21?,22+,23-;/m1./s1. The highest BCUT2D eigenvalue weighted by Gasteiger charge is 2.70. The lowest BCUT2D eigenvalue weighted by molar-refractivity contribution is -0.165. The molecule has 8 atom stereocenters. The summed E-state index contributed by atoms with van der Waals surface area (Å²) in [6, 6.07) is 0. The number of ether oxygens (including phenoxy) is 1. The lowest BCUT2D eigenvalue weighted by Gasteiger charge is -2.56. The second-order valence-corrected chi connectivity index (χ2v) is 9.90. The third kappa shape index (κ3) is 2.03. The lowest BCUT2D eigenvalue weighted by atomic mass is 9.49. The molecule has 1 spiro atoms. The van der Waals surface area contributed by atoms with Crippen LogP contribution in [0, 0.1) is 46.3 Å². The van der Waals surface area contributed by atoms with Crippen molar-refractivity contribution in [3.63, 3.8) is 0 Å². The Kier molecular flexibility index (Phi) is 3.64. The van der Waals surface area contributed by atoms with E-state index in [4.69, 9.17) is 10.1 Å². The van der Waals surface area contributed by atoms with E-state index < -0.39 is 0 Å². The molecule has 4 saturated carbocycles. The summed E-state index contributed by atoms with van der Waals surface area (Å²) in [4.78, 5) is 12.0. The second kappa shape index (κ2) is 5.56. The smallest absolute Gasteiger partial charge is 0.331 e. The molecule has 4 heteroatoms. The van der Waals surface area contributed by atoms with Gasteiger partial charge in [-0.05, 0) is 99.0 Å². The maximum absolute atomic E-state index is 12.0. The molecule has 4 fully saturated rings. The second-order valence-electron chi connectivity index (χ2n) is 9.90. The predicted octanol–water partition coefficient (Wildman–Crippen LogP) is 3.85. The van der Waals surface area contributed by atoms with Crippen LogP contribution in [-0.4, -0.2) is 22.8 Å². The Morgan fingerprint density at radius 2 is 2.04 bits per heavy atom. The van der Waals surface area contributed by atoms with Crippen LogP contribution in [0.15, 0.2) is 23.8 Å². The summed E-state index contributed by atoms with van der Waals surface area (Å²) in [5.74, 6) is 4.61. The zero-order valence-corrected chi connectivity index (χ0v) is 16.2. The topological polar surface area (TPSA) is 81.7 Å². The maximum atomic E-state index is 12.0. The average molecular weight is 370 g/mol. The van der Waals surface area contributed by atoms with Gasteiger partial charge in [-0.1, -0.05) is 12.5 Å². The van der Waals surface area contributed by atoms with Crippen molar-refractivity contribution in [2.45, 2.75) is 63.9 Å². The van der Waals surface area contributed by atoms with E-state index in [1.165, 1.54) is 32.1 Å². The molecule has 1 aliphatic heterocycles. The Balaban J connectivity index is 0.00000160. The van der Waals surface area contributed by atoms with E-state index in [-0.39, 0.29) is 22.5 Å². The minimum Gasteiger partial charge on any atom is -0.451 e. The van der Waals surface area contributed by atoms with E-state index in [2.05, 4.69) is 19.1 Å². The normalized spacial score (nSPS) is 51.5. The molecule has 0 amide bonds. The molecule has 0 radical (unpaired) electrons. The highest BCUT2D eigenvalue weighted by Crippen LogP contribution is 2.73. The molecule has 3 N–H and O–H groups in total. The van der Waals surface area contributed by atoms with Gasteiger partial charge in [0, 0.05) is 17.2 Å². The molecule has 5 unspecified atom stereocenters. The highest BCUT2D eigenvalue weighted by molar-refractivity contribution is 5.94. The molecular formula is C23H31NO3. The van der Waals surface area contributed by atoms with Crippen LogP contribution in [0.2, 0.25) is 0 Å². The van der Waals surface area contributed by atoms with Crippen LogP contribution in [0.25, 0.3) is 0 Å². The first kappa shape index (κ1) is 17.7. The van der Waals surface area contributed by atoms with Crippen molar-refractivity contribution >= 4 is 11.7 Å². The summed E-state index contributed by atoms with van der Waals surface area (Å²) in [5.41, 5.74) is 2.38. The van der Waals surface area contributed by atoms with Crippen molar-refractivity contribution in [1.82, 2.24) is 0 Å². The van der Waals surface area contributed by atoms with Gasteiger partial charge in [0.1, 0.15) is 5.60 Å². The number of fused-ring (bicyclic) bond motifs is 9. The molecule has 0 aromatic heterocycles. The fraction of sp³-hybridized carbons (Fsp3) is 0.739. The Morgan fingerprint density at radius 1 is 1.19 bits per heavy atom. The summed E-state index contributed by atoms with van der Waals surface area (Å²) in [6.07, 6.45) is 15.5. The zero-order chi connectivity index (χ0) is 17.7. The molecule has 27 heavy (non-hydrogen) atoms. The number of nitrogens with one attached hydrogen (secondary N) is 1. The van der Waals surface area contributed by atoms with E-state index in [9.17, 15) is 4.79 Å². The lowest BCUT2D eigenvalue weighted by Crippen LogP contribution is -2.54. The fourth-order valence-corrected chi connectivity index (χ4v) is 8.48. The molecule has 1 heterocycles. The van der Waals surface area contributed by atoms with Gasteiger partial charge >= 0.3 is 5.97 Å². The summed E-state index contributed by atoms with van der Waals surface area (Å²) in [6.45, 7) is 2.33. The summed E-state index contributed by atoms with van der Waals surface area (Å²) >= 11 is 0. The van der Waals surface area contributed by atoms with Crippen molar-refractivity contribution in [3.05, 3.63) is 23.8 Å². The van der Waals surface area contributed by atoms with Crippen LogP contribution in [0.3, 0.4) is 0 Å². The van der Waals surface area contributed by atoms with Crippen molar-refractivity contribution in [3.8, 4) is 0 Å². The molecular weight excluding hydrogens is 338 g/mol. The number of carbonyl (C=O) groups excluding carboxylic acids is 1. The molecule has 5 aliphatic carbocycles. The van der Waals surface area contributed by atoms with Gasteiger partial charge in [0.25, 0.3) is 0 Å². The number of carbonyl (C=O) groups is 1. The summed E-state index contributed by atoms with van der Waals surface area (Å²) in [5, 5.41) is 8.13. The van der Waals surface area contributed by atoms with Crippen LogP contribution < -0.4 is 0 Å². The molecule has 0 saturated heterocycles. The predicted molar refractivity (Wildman–Crippen MR) is 103 cm³/mol. The minimum absolute atomic E-state index is 0. The Hall–Kier alpha value is -1.42. The van der Waals surface area contributed by atoms with Gasteiger partial charge in [0.15, 0.2) is 0 Å². The number of esters is 1. The first-order valence-corrected chi connectivity index (χ1v) is 10.8. The molecule has 146 valence electrons. The highest BCUT2D eigenvalue weighted by atomic mass is 16.6. The number of hydrogen-bond donors (Lipinski definition) is 1. The summed E-state index contributed by atoms with van der Waals surface area (Å²) < 4.78 is 6.03. The minimum atomic E-state index is -0.302. The van der Waals surface area contributed by atoms with E-state index >= 15 is 0 Å². The third-order valence-corrected chi connectivity index (χ3v) is 9.44. The van der Waals surface area contributed by atoms with Gasteiger partial charge in [-0.2, -0.15) is 0 Å². The summed E-state index contributed by atoms with van der Waals surface area (Å²) in [7, 11) is 0. The number of rotatable bonds is 1. The van der Waals surface area contributed by atoms with Gasteiger partial charge < -0.3 is 15.6 Å². The van der Waals surface area contributed by atoms with Gasteiger partial charge in [-0.25, -0.2) is 4.79 Å². The van der Waals surface area contributed by atoms with Crippen LogP contribution in [-0.2, 0) is 9.53 Å². The first-order chi connectivity index (χ1) is 12.6. The van der Waals surface area contributed by atoms with Crippen molar-refractivity contribution in [2.24, 2.45) is 40.9 Å². The third-order valence-electron chi connectivity index (χ3n) is 9.44. The molecule has 0 aromatic rings. The van der Waals surface area contributed by atoms with Crippen molar-refractivity contribution < 1.29 is 15.0 Å². The number of hydrogen-bond acceptors (Lipinski definition) is 3.